The highest BCUT2D eigenvalue weighted by Gasteiger charge is 2.19. The molecular formula is C17H28FN. The Labute approximate surface area is 117 Å². The summed E-state index contributed by atoms with van der Waals surface area (Å²) in [7, 11) is 1.95. The van der Waals surface area contributed by atoms with Gasteiger partial charge in [0.2, 0.25) is 0 Å². The second-order valence-corrected chi connectivity index (χ2v) is 6.96. The zero-order valence-corrected chi connectivity index (χ0v) is 13.2. The van der Waals surface area contributed by atoms with Gasteiger partial charge in [-0.3, -0.25) is 0 Å². The molecule has 1 N–H and O–H groups in total. The third-order valence-electron chi connectivity index (χ3n) is 3.55. The van der Waals surface area contributed by atoms with Crippen LogP contribution in [0.1, 0.15) is 57.7 Å². The van der Waals surface area contributed by atoms with Crippen LogP contribution in [0.4, 0.5) is 4.39 Å². The van der Waals surface area contributed by atoms with Crippen molar-refractivity contribution in [2.24, 2.45) is 11.3 Å². The molecule has 0 amide bonds. The molecule has 108 valence electrons. The van der Waals surface area contributed by atoms with Crippen molar-refractivity contribution in [3.63, 3.8) is 0 Å². The average Bonchev–Trinajstić information content (AvgIpc) is 2.27. The minimum absolute atomic E-state index is 0.110. The van der Waals surface area contributed by atoms with Gasteiger partial charge in [-0.2, -0.15) is 0 Å². The normalized spacial score (nSPS) is 15.3. The third-order valence-corrected chi connectivity index (χ3v) is 3.55. The maximum Gasteiger partial charge on any atom is 0.126 e. The van der Waals surface area contributed by atoms with Gasteiger partial charge < -0.3 is 5.32 Å². The van der Waals surface area contributed by atoms with Gasteiger partial charge in [0.25, 0.3) is 0 Å². The molecule has 19 heavy (non-hydrogen) atoms. The minimum Gasteiger partial charge on any atom is -0.313 e. The summed E-state index contributed by atoms with van der Waals surface area (Å²) in [6.07, 6.45) is 2.22. The van der Waals surface area contributed by atoms with Crippen molar-refractivity contribution in [2.45, 2.75) is 53.5 Å². The third kappa shape index (κ3) is 5.32. The summed E-state index contributed by atoms with van der Waals surface area (Å²) in [4.78, 5) is 0. The summed E-state index contributed by atoms with van der Waals surface area (Å²) >= 11 is 0. The van der Waals surface area contributed by atoms with Crippen molar-refractivity contribution in [3.05, 3.63) is 35.1 Å². The standard InChI is InChI=1S/C17H28FN/c1-12(11-17(3,4)5)9-16(19-6)14-8-7-13(2)15(18)10-14/h7-8,10,12,16,19H,9,11H2,1-6H3. The number of rotatable bonds is 5. The second kappa shape index (κ2) is 6.51. The molecule has 0 fully saturated rings. The van der Waals surface area contributed by atoms with Crippen LogP contribution >= 0.6 is 0 Å². The number of benzene rings is 1. The number of halogens is 1. The van der Waals surface area contributed by atoms with E-state index in [2.05, 4.69) is 33.0 Å². The van der Waals surface area contributed by atoms with Crippen molar-refractivity contribution in [1.29, 1.82) is 0 Å². The molecule has 2 heteroatoms. The van der Waals surface area contributed by atoms with Crippen LogP contribution in [0.3, 0.4) is 0 Å². The van der Waals surface area contributed by atoms with E-state index in [0.29, 0.717) is 16.9 Å². The predicted octanol–water partition coefficient (Wildman–Crippen LogP) is 4.86. The molecule has 0 radical (unpaired) electrons. The van der Waals surface area contributed by atoms with Crippen LogP contribution in [0.25, 0.3) is 0 Å². The van der Waals surface area contributed by atoms with Crippen molar-refractivity contribution in [1.82, 2.24) is 5.32 Å². The van der Waals surface area contributed by atoms with E-state index in [1.54, 1.807) is 13.0 Å². The minimum atomic E-state index is -0.110. The lowest BCUT2D eigenvalue weighted by Gasteiger charge is -2.27. The molecule has 1 nitrogen and oxygen atoms in total. The molecule has 0 aliphatic rings. The Balaban J connectivity index is 2.75. The first-order valence-electron chi connectivity index (χ1n) is 7.16. The van der Waals surface area contributed by atoms with Crippen LogP contribution in [-0.4, -0.2) is 7.05 Å². The second-order valence-electron chi connectivity index (χ2n) is 6.96. The molecule has 1 rings (SSSR count). The van der Waals surface area contributed by atoms with E-state index < -0.39 is 0 Å². The summed E-state index contributed by atoms with van der Waals surface area (Å²) in [5.74, 6) is 0.503. The van der Waals surface area contributed by atoms with Gasteiger partial charge in [0.05, 0.1) is 0 Å². The summed E-state index contributed by atoms with van der Waals surface area (Å²) < 4.78 is 13.7. The summed E-state index contributed by atoms with van der Waals surface area (Å²) in [5, 5.41) is 3.32. The van der Waals surface area contributed by atoms with Crippen LogP contribution in [-0.2, 0) is 0 Å². The lowest BCUT2D eigenvalue weighted by atomic mass is 9.82. The molecule has 2 unspecified atom stereocenters. The summed E-state index contributed by atoms with van der Waals surface area (Å²) in [5.41, 5.74) is 2.10. The van der Waals surface area contributed by atoms with E-state index in [0.717, 1.165) is 12.0 Å². The molecule has 1 aromatic rings. The van der Waals surface area contributed by atoms with Crippen LogP contribution in [0.15, 0.2) is 18.2 Å². The highest BCUT2D eigenvalue weighted by atomic mass is 19.1. The van der Waals surface area contributed by atoms with E-state index in [4.69, 9.17) is 0 Å². The van der Waals surface area contributed by atoms with Crippen LogP contribution in [0.5, 0.6) is 0 Å². The molecular weight excluding hydrogens is 237 g/mol. The SMILES string of the molecule is CNC(CC(C)CC(C)(C)C)c1ccc(C)c(F)c1. The van der Waals surface area contributed by atoms with Crippen molar-refractivity contribution < 1.29 is 4.39 Å². The number of hydrogen-bond acceptors (Lipinski definition) is 1. The monoisotopic (exact) mass is 265 g/mol. The van der Waals surface area contributed by atoms with E-state index >= 15 is 0 Å². The zero-order valence-electron chi connectivity index (χ0n) is 13.2. The smallest absolute Gasteiger partial charge is 0.126 e. The van der Waals surface area contributed by atoms with Gasteiger partial charge in [-0.1, -0.05) is 39.8 Å². The van der Waals surface area contributed by atoms with E-state index in [9.17, 15) is 4.39 Å². The first-order chi connectivity index (χ1) is 8.73. The Morgan fingerprint density at radius 1 is 1.26 bits per heavy atom. The van der Waals surface area contributed by atoms with E-state index in [1.165, 1.54) is 6.42 Å². The molecule has 0 saturated heterocycles. The Kier molecular flexibility index (Phi) is 5.54. The predicted molar refractivity (Wildman–Crippen MR) is 80.8 cm³/mol. The fourth-order valence-electron chi connectivity index (χ4n) is 2.78. The van der Waals surface area contributed by atoms with Crippen molar-refractivity contribution in [3.8, 4) is 0 Å². The first kappa shape index (κ1) is 16.2. The molecule has 0 aliphatic heterocycles. The zero-order chi connectivity index (χ0) is 14.6. The maximum absolute atomic E-state index is 13.7. The highest BCUT2D eigenvalue weighted by molar-refractivity contribution is 5.25. The molecule has 2 atom stereocenters. The fourth-order valence-corrected chi connectivity index (χ4v) is 2.78. The average molecular weight is 265 g/mol. The molecule has 0 heterocycles. The first-order valence-corrected chi connectivity index (χ1v) is 7.16. The molecule has 0 bridgehead atoms. The lowest BCUT2D eigenvalue weighted by molar-refractivity contribution is 0.279. The number of nitrogens with one attached hydrogen (secondary N) is 1. The molecule has 1 aromatic carbocycles. The Bertz CT molecular complexity index is 406. The molecule has 0 aromatic heterocycles. The highest BCUT2D eigenvalue weighted by Crippen LogP contribution is 2.30. The summed E-state index contributed by atoms with van der Waals surface area (Å²) in [6.45, 7) is 10.9. The van der Waals surface area contributed by atoms with Crippen LogP contribution in [0, 0.1) is 24.1 Å². The Morgan fingerprint density at radius 3 is 2.37 bits per heavy atom. The molecule has 0 saturated carbocycles. The topological polar surface area (TPSA) is 12.0 Å². The van der Waals surface area contributed by atoms with E-state index in [-0.39, 0.29) is 11.9 Å². The van der Waals surface area contributed by atoms with Crippen LogP contribution in [0.2, 0.25) is 0 Å². The molecule has 0 aliphatic carbocycles. The Hall–Kier alpha value is -0.890. The van der Waals surface area contributed by atoms with Crippen LogP contribution < -0.4 is 5.32 Å². The quantitative estimate of drug-likeness (QED) is 0.802. The van der Waals surface area contributed by atoms with Gasteiger partial charge in [0.15, 0.2) is 0 Å². The fraction of sp³-hybridized carbons (Fsp3) is 0.647. The number of aryl methyl sites for hydroxylation is 1. The van der Waals surface area contributed by atoms with Gasteiger partial charge in [0, 0.05) is 6.04 Å². The van der Waals surface area contributed by atoms with Gasteiger partial charge >= 0.3 is 0 Å². The largest absolute Gasteiger partial charge is 0.313 e. The van der Waals surface area contributed by atoms with Gasteiger partial charge in [-0.15, -0.1) is 0 Å². The Morgan fingerprint density at radius 2 is 1.89 bits per heavy atom. The maximum atomic E-state index is 13.7. The van der Waals surface area contributed by atoms with Gasteiger partial charge in [-0.25, -0.2) is 4.39 Å². The van der Waals surface area contributed by atoms with Gasteiger partial charge in [-0.05, 0) is 55.3 Å². The van der Waals surface area contributed by atoms with E-state index in [1.807, 2.05) is 19.2 Å². The molecule has 0 spiro atoms. The number of hydrogen-bond donors (Lipinski definition) is 1. The summed E-state index contributed by atoms with van der Waals surface area (Å²) in [6, 6.07) is 5.79. The van der Waals surface area contributed by atoms with Crippen molar-refractivity contribution in [2.75, 3.05) is 7.05 Å². The van der Waals surface area contributed by atoms with Crippen molar-refractivity contribution >= 4 is 0 Å². The lowest BCUT2D eigenvalue weighted by Crippen LogP contribution is -2.21. The van der Waals surface area contributed by atoms with Gasteiger partial charge in [0.1, 0.15) is 5.82 Å².